The number of rotatable bonds is 6. The molecule has 0 unspecified atom stereocenters. The third kappa shape index (κ3) is 4.17. The van der Waals surface area contributed by atoms with Gasteiger partial charge < -0.3 is 5.32 Å². The summed E-state index contributed by atoms with van der Waals surface area (Å²) in [6.45, 7) is 5.02. The molecule has 0 spiro atoms. The van der Waals surface area contributed by atoms with Gasteiger partial charge in [0.05, 0.1) is 6.20 Å². The van der Waals surface area contributed by atoms with Crippen molar-refractivity contribution in [3.63, 3.8) is 0 Å². The van der Waals surface area contributed by atoms with Gasteiger partial charge in [0.1, 0.15) is 21.7 Å². The summed E-state index contributed by atoms with van der Waals surface area (Å²) in [5, 5.41) is 4.97. The van der Waals surface area contributed by atoms with Gasteiger partial charge in [-0.25, -0.2) is 15.0 Å². The number of hydrogen-bond acceptors (Lipinski definition) is 6. The molecular weight excluding hydrogens is 258 g/mol. The van der Waals surface area contributed by atoms with Crippen LogP contribution in [-0.2, 0) is 6.42 Å². The highest BCUT2D eigenvalue weighted by Gasteiger charge is 2.06. The fourth-order valence-corrected chi connectivity index (χ4v) is 2.34. The van der Waals surface area contributed by atoms with Crippen LogP contribution in [0.3, 0.4) is 0 Å². The number of nitrogens with one attached hydrogen (secondary N) is 1. The normalized spacial score (nSPS) is 10.4. The largest absolute Gasteiger partial charge is 0.370 e. The van der Waals surface area contributed by atoms with E-state index in [1.165, 1.54) is 11.8 Å². The van der Waals surface area contributed by atoms with Gasteiger partial charge >= 0.3 is 0 Å². The number of aromatic nitrogens is 4. The van der Waals surface area contributed by atoms with Crippen molar-refractivity contribution >= 4 is 17.6 Å². The third-order valence-corrected chi connectivity index (χ3v) is 3.17. The summed E-state index contributed by atoms with van der Waals surface area (Å²) in [5.41, 5.74) is 0. The number of anilines is 1. The molecule has 0 aliphatic carbocycles. The van der Waals surface area contributed by atoms with E-state index in [4.69, 9.17) is 0 Å². The zero-order valence-electron chi connectivity index (χ0n) is 11.1. The molecule has 0 aromatic carbocycles. The summed E-state index contributed by atoms with van der Waals surface area (Å²) < 4.78 is 0. The minimum Gasteiger partial charge on any atom is -0.370 e. The van der Waals surface area contributed by atoms with Crippen LogP contribution in [-0.4, -0.2) is 26.5 Å². The van der Waals surface area contributed by atoms with Crippen LogP contribution in [0.15, 0.2) is 34.7 Å². The SMILES string of the molecule is CCCc1nc(NCC)cc(Sc2cnccn2)n1. The molecule has 0 aliphatic rings. The van der Waals surface area contributed by atoms with Gasteiger partial charge in [-0.1, -0.05) is 6.92 Å². The second kappa shape index (κ2) is 7.04. The van der Waals surface area contributed by atoms with Crippen molar-refractivity contribution in [1.29, 1.82) is 0 Å². The highest BCUT2D eigenvalue weighted by Crippen LogP contribution is 2.25. The number of aryl methyl sites for hydroxylation is 1. The van der Waals surface area contributed by atoms with Gasteiger partial charge in [0.15, 0.2) is 0 Å². The molecule has 0 fully saturated rings. The maximum atomic E-state index is 4.54. The van der Waals surface area contributed by atoms with E-state index in [0.717, 1.165) is 41.1 Å². The average molecular weight is 275 g/mol. The first-order valence-corrected chi connectivity index (χ1v) is 7.19. The Balaban J connectivity index is 2.23. The monoisotopic (exact) mass is 275 g/mol. The first-order valence-electron chi connectivity index (χ1n) is 6.37. The fraction of sp³-hybridized carbons (Fsp3) is 0.385. The van der Waals surface area contributed by atoms with Crippen LogP contribution >= 0.6 is 11.8 Å². The van der Waals surface area contributed by atoms with E-state index >= 15 is 0 Å². The van der Waals surface area contributed by atoms with Crippen molar-refractivity contribution in [1.82, 2.24) is 19.9 Å². The molecule has 0 amide bonds. The smallest absolute Gasteiger partial charge is 0.132 e. The zero-order valence-corrected chi connectivity index (χ0v) is 11.9. The van der Waals surface area contributed by atoms with Crippen LogP contribution in [0.25, 0.3) is 0 Å². The first-order chi connectivity index (χ1) is 9.31. The Hall–Kier alpha value is -1.69. The zero-order chi connectivity index (χ0) is 13.5. The molecule has 2 aromatic heterocycles. The molecule has 19 heavy (non-hydrogen) atoms. The standard InChI is InChI=1S/C13H17N5S/c1-3-5-10-17-11(15-4-2)8-12(18-10)19-13-9-14-6-7-16-13/h6-9H,3-5H2,1-2H3,(H,15,17,18). The number of nitrogens with zero attached hydrogens (tertiary/aromatic N) is 4. The lowest BCUT2D eigenvalue weighted by Gasteiger charge is -2.07. The van der Waals surface area contributed by atoms with Gasteiger partial charge in [0.25, 0.3) is 0 Å². The molecule has 2 rings (SSSR count). The summed E-state index contributed by atoms with van der Waals surface area (Å²) in [6.07, 6.45) is 7.00. The molecule has 0 saturated heterocycles. The lowest BCUT2D eigenvalue weighted by atomic mass is 10.3. The van der Waals surface area contributed by atoms with Crippen LogP contribution in [0.5, 0.6) is 0 Å². The van der Waals surface area contributed by atoms with E-state index in [2.05, 4.69) is 39.1 Å². The van der Waals surface area contributed by atoms with Crippen molar-refractivity contribution in [2.75, 3.05) is 11.9 Å². The van der Waals surface area contributed by atoms with Crippen molar-refractivity contribution in [2.24, 2.45) is 0 Å². The quantitative estimate of drug-likeness (QED) is 0.818. The van der Waals surface area contributed by atoms with E-state index < -0.39 is 0 Å². The average Bonchev–Trinajstić information content (AvgIpc) is 2.40. The number of hydrogen-bond donors (Lipinski definition) is 1. The molecule has 0 aliphatic heterocycles. The molecule has 6 heteroatoms. The van der Waals surface area contributed by atoms with E-state index in [-0.39, 0.29) is 0 Å². The Morgan fingerprint density at radius 3 is 2.74 bits per heavy atom. The molecule has 0 atom stereocenters. The molecule has 2 heterocycles. The van der Waals surface area contributed by atoms with E-state index in [1.807, 2.05) is 6.07 Å². The van der Waals surface area contributed by atoms with E-state index in [0.29, 0.717) is 0 Å². The maximum Gasteiger partial charge on any atom is 0.132 e. The van der Waals surface area contributed by atoms with Crippen LogP contribution < -0.4 is 5.32 Å². The maximum absolute atomic E-state index is 4.54. The van der Waals surface area contributed by atoms with Crippen molar-refractivity contribution in [3.8, 4) is 0 Å². The lowest BCUT2D eigenvalue weighted by Crippen LogP contribution is -2.04. The molecule has 5 nitrogen and oxygen atoms in total. The molecule has 0 bridgehead atoms. The van der Waals surface area contributed by atoms with E-state index in [9.17, 15) is 0 Å². The Morgan fingerprint density at radius 2 is 2.05 bits per heavy atom. The summed E-state index contributed by atoms with van der Waals surface area (Å²) in [6, 6.07) is 1.95. The highest BCUT2D eigenvalue weighted by molar-refractivity contribution is 7.99. The van der Waals surface area contributed by atoms with Gasteiger partial charge in [-0.2, -0.15) is 0 Å². The van der Waals surface area contributed by atoms with Gasteiger partial charge in [-0.05, 0) is 25.1 Å². The van der Waals surface area contributed by atoms with Gasteiger partial charge in [-0.3, -0.25) is 4.98 Å². The van der Waals surface area contributed by atoms with Crippen LogP contribution in [0.2, 0.25) is 0 Å². The molecule has 100 valence electrons. The second-order valence-electron chi connectivity index (χ2n) is 3.93. The van der Waals surface area contributed by atoms with Crippen molar-refractivity contribution in [3.05, 3.63) is 30.5 Å². The second-order valence-corrected chi connectivity index (χ2v) is 4.97. The Morgan fingerprint density at radius 1 is 1.16 bits per heavy atom. The third-order valence-electron chi connectivity index (χ3n) is 2.33. The molecular formula is C13H17N5S. The summed E-state index contributed by atoms with van der Waals surface area (Å²) in [7, 11) is 0. The van der Waals surface area contributed by atoms with Crippen LogP contribution in [0.1, 0.15) is 26.1 Å². The van der Waals surface area contributed by atoms with Crippen molar-refractivity contribution in [2.45, 2.75) is 36.7 Å². The minimum absolute atomic E-state index is 0.839. The van der Waals surface area contributed by atoms with Gasteiger partial charge in [0.2, 0.25) is 0 Å². The van der Waals surface area contributed by atoms with Crippen molar-refractivity contribution < 1.29 is 0 Å². The van der Waals surface area contributed by atoms with Gasteiger partial charge in [-0.15, -0.1) is 0 Å². The minimum atomic E-state index is 0.839. The molecule has 1 N–H and O–H groups in total. The summed E-state index contributed by atoms with van der Waals surface area (Å²) in [5.74, 6) is 1.74. The van der Waals surface area contributed by atoms with E-state index in [1.54, 1.807) is 18.6 Å². The Labute approximate surface area is 117 Å². The summed E-state index contributed by atoms with van der Waals surface area (Å²) >= 11 is 1.50. The summed E-state index contributed by atoms with van der Waals surface area (Å²) in [4.78, 5) is 17.3. The predicted molar refractivity (Wildman–Crippen MR) is 76.3 cm³/mol. The molecule has 2 aromatic rings. The van der Waals surface area contributed by atoms with Gasteiger partial charge in [0, 0.05) is 31.4 Å². The predicted octanol–water partition coefficient (Wildman–Crippen LogP) is 2.80. The fourth-order valence-electron chi connectivity index (χ4n) is 1.58. The van der Waals surface area contributed by atoms with Crippen LogP contribution in [0, 0.1) is 0 Å². The molecule has 0 saturated carbocycles. The van der Waals surface area contributed by atoms with Crippen LogP contribution in [0.4, 0.5) is 5.82 Å². The topological polar surface area (TPSA) is 63.6 Å². The Bertz CT molecular complexity index is 493. The first kappa shape index (κ1) is 13.7. The highest BCUT2D eigenvalue weighted by atomic mass is 32.2. The molecule has 0 radical (unpaired) electrons. The lowest BCUT2D eigenvalue weighted by molar-refractivity contribution is 0.809. The Kier molecular flexibility index (Phi) is 5.09.